The van der Waals surface area contributed by atoms with Crippen molar-refractivity contribution in [3.63, 3.8) is 0 Å². The standard InChI is InChI=1S/C18H31NO2/c1-7-19-15(5)16-8-9-18(20-6)17(11-16)12-21-14(4)10-13(2)3/h8-9,11,13-15,19H,7,10,12H2,1-6H3. The van der Waals surface area contributed by atoms with Gasteiger partial charge in [0.1, 0.15) is 5.75 Å². The van der Waals surface area contributed by atoms with Gasteiger partial charge in [-0.25, -0.2) is 0 Å². The van der Waals surface area contributed by atoms with E-state index >= 15 is 0 Å². The SMILES string of the molecule is CCNC(C)c1ccc(OC)c(COC(C)CC(C)C)c1. The number of methoxy groups -OCH3 is 1. The monoisotopic (exact) mass is 293 g/mol. The lowest BCUT2D eigenvalue weighted by Gasteiger charge is -2.19. The normalized spacial score (nSPS) is 14.2. The van der Waals surface area contributed by atoms with E-state index in [4.69, 9.17) is 9.47 Å². The summed E-state index contributed by atoms with van der Waals surface area (Å²) in [6.07, 6.45) is 1.35. The Morgan fingerprint density at radius 1 is 1.14 bits per heavy atom. The average Bonchev–Trinajstić information content (AvgIpc) is 2.44. The minimum atomic E-state index is 0.268. The first-order valence-electron chi connectivity index (χ1n) is 7.99. The predicted molar refractivity (Wildman–Crippen MR) is 88.8 cm³/mol. The van der Waals surface area contributed by atoms with Crippen molar-refractivity contribution in [2.45, 2.75) is 59.8 Å². The number of hydrogen-bond acceptors (Lipinski definition) is 3. The van der Waals surface area contributed by atoms with Gasteiger partial charge in [0, 0.05) is 11.6 Å². The second-order valence-corrected chi connectivity index (χ2v) is 6.10. The highest BCUT2D eigenvalue weighted by molar-refractivity contribution is 5.38. The summed E-state index contributed by atoms with van der Waals surface area (Å²) in [4.78, 5) is 0. The van der Waals surface area contributed by atoms with E-state index in [1.807, 2.05) is 6.07 Å². The molecular formula is C18H31NO2. The minimum Gasteiger partial charge on any atom is -0.496 e. The van der Waals surface area contributed by atoms with Crippen LogP contribution < -0.4 is 10.1 Å². The van der Waals surface area contributed by atoms with Crippen LogP contribution in [-0.4, -0.2) is 19.8 Å². The molecule has 0 radical (unpaired) electrons. The van der Waals surface area contributed by atoms with Crippen LogP contribution in [0.2, 0.25) is 0 Å². The van der Waals surface area contributed by atoms with Gasteiger partial charge in [0.2, 0.25) is 0 Å². The minimum absolute atomic E-state index is 0.268. The molecule has 0 saturated carbocycles. The van der Waals surface area contributed by atoms with Gasteiger partial charge in [-0.1, -0.05) is 26.8 Å². The van der Waals surface area contributed by atoms with E-state index in [0.717, 1.165) is 24.3 Å². The van der Waals surface area contributed by atoms with Crippen molar-refractivity contribution < 1.29 is 9.47 Å². The first-order valence-corrected chi connectivity index (χ1v) is 7.99. The third-order valence-electron chi connectivity index (χ3n) is 3.64. The molecule has 3 heteroatoms. The van der Waals surface area contributed by atoms with Crippen LogP contribution >= 0.6 is 0 Å². The van der Waals surface area contributed by atoms with Gasteiger partial charge in [0.05, 0.1) is 19.8 Å². The maximum atomic E-state index is 5.98. The van der Waals surface area contributed by atoms with E-state index in [2.05, 4.69) is 52.1 Å². The Morgan fingerprint density at radius 2 is 1.86 bits per heavy atom. The van der Waals surface area contributed by atoms with Gasteiger partial charge in [-0.3, -0.25) is 0 Å². The van der Waals surface area contributed by atoms with Crippen molar-refractivity contribution in [2.24, 2.45) is 5.92 Å². The maximum absolute atomic E-state index is 5.98. The molecule has 0 amide bonds. The van der Waals surface area contributed by atoms with Crippen LogP contribution in [0.5, 0.6) is 5.75 Å². The number of nitrogens with one attached hydrogen (secondary N) is 1. The summed E-state index contributed by atoms with van der Waals surface area (Å²) in [5, 5.41) is 3.44. The molecule has 2 unspecified atom stereocenters. The fraction of sp³-hybridized carbons (Fsp3) is 0.667. The smallest absolute Gasteiger partial charge is 0.124 e. The second kappa shape index (κ2) is 9.06. The molecule has 0 spiro atoms. The van der Waals surface area contributed by atoms with Crippen molar-refractivity contribution in [3.05, 3.63) is 29.3 Å². The van der Waals surface area contributed by atoms with Gasteiger partial charge in [-0.15, -0.1) is 0 Å². The second-order valence-electron chi connectivity index (χ2n) is 6.10. The van der Waals surface area contributed by atoms with Gasteiger partial charge in [0.15, 0.2) is 0 Å². The van der Waals surface area contributed by atoms with Gasteiger partial charge in [0.25, 0.3) is 0 Å². The number of benzene rings is 1. The quantitative estimate of drug-likeness (QED) is 0.735. The third kappa shape index (κ3) is 6.06. The Hall–Kier alpha value is -1.06. The number of hydrogen-bond donors (Lipinski definition) is 1. The first-order chi connectivity index (χ1) is 9.97. The van der Waals surface area contributed by atoms with Crippen LogP contribution in [-0.2, 0) is 11.3 Å². The highest BCUT2D eigenvalue weighted by Gasteiger charge is 2.11. The average molecular weight is 293 g/mol. The molecule has 1 aromatic carbocycles. The molecule has 1 rings (SSSR count). The van der Waals surface area contributed by atoms with E-state index in [0.29, 0.717) is 18.6 Å². The topological polar surface area (TPSA) is 30.5 Å². The van der Waals surface area contributed by atoms with Gasteiger partial charge >= 0.3 is 0 Å². The molecule has 0 aromatic heterocycles. The van der Waals surface area contributed by atoms with Gasteiger partial charge in [-0.2, -0.15) is 0 Å². The van der Waals surface area contributed by atoms with Crippen molar-refractivity contribution >= 4 is 0 Å². The molecule has 1 aromatic rings. The molecule has 0 aliphatic heterocycles. The molecule has 3 nitrogen and oxygen atoms in total. The van der Waals surface area contributed by atoms with Crippen LogP contribution in [0.4, 0.5) is 0 Å². The molecule has 0 aliphatic carbocycles. The Bertz CT molecular complexity index is 418. The lowest BCUT2D eigenvalue weighted by Crippen LogP contribution is -2.18. The van der Waals surface area contributed by atoms with Crippen LogP contribution in [0, 0.1) is 5.92 Å². The van der Waals surface area contributed by atoms with Crippen LogP contribution in [0.15, 0.2) is 18.2 Å². The Balaban J connectivity index is 2.76. The zero-order chi connectivity index (χ0) is 15.8. The molecule has 2 atom stereocenters. The van der Waals surface area contributed by atoms with E-state index < -0.39 is 0 Å². The lowest BCUT2D eigenvalue weighted by molar-refractivity contribution is 0.0386. The molecule has 0 fully saturated rings. The van der Waals surface area contributed by atoms with Crippen LogP contribution in [0.3, 0.4) is 0 Å². The van der Waals surface area contributed by atoms with Crippen molar-refractivity contribution in [1.29, 1.82) is 0 Å². The summed E-state index contributed by atoms with van der Waals surface area (Å²) in [6.45, 7) is 12.4. The maximum Gasteiger partial charge on any atom is 0.124 e. The summed E-state index contributed by atoms with van der Waals surface area (Å²) in [6, 6.07) is 6.68. The molecule has 1 N–H and O–H groups in total. The Morgan fingerprint density at radius 3 is 2.43 bits per heavy atom. The summed E-state index contributed by atoms with van der Waals surface area (Å²) in [5.41, 5.74) is 2.39. The zero-order valence-electron chi connectivity index (χ0n) is 14.4. The van der Waals surface area contributed by atoms with Crippen molar-refractivity contribution in [3.8, 4) is 5.75 Å². The largest absolute Gasteiger partial charge is 0.496 e. The van der Waals surface area contributed by atoms with Crippen molar-refractivity contribution in [1.82, 2.24) is 5.32 Å². The highest BCUT2D eigenvalue weighted by atomic mass is 16.5. The number of ether oxygens (including phenoxy) is 2. The highest BCUT2D eigenvalue weighted by Crippen LogP contribution is 2.25. The molecule has 120 valence electrons. The van der Waals surface area contributed by atoms with Crippen molar-refractivity contribution in [2.75, 3.05) is 13.7 Å². The summed E-state index contributed by atoms with van der Waals surface area (Å²) in [5.74, 6) is 1.56. The molecular weight excluding hydrogens is 262 g/mol. The molecule has 0 aliphatic rings. The van der Waals surface area contributed by atoms with E-state index in [1.165, 1.54) is 5.56 Å². The molecule has 0 bridgehead atoms. The molecule has 21 heavy (non-hydrogen) atoms. The number of rotatable bonds is 9. The first kappa shape index (κ1) is 18.0. The van der Waals surface area contributed by atoms with Gasteiger partial charge in [-0.05, 0) is 50.4 Å². The Kier molecular flexibility index (Phi) is 7.76. The van der Waals surface area contributed by atoms with E-state index in [1.54, 1.807) is 7.11 Å². The summed E-state index contributed by atoms with van der Waals surface area (Å²) < 4.78 is 11.4. The van der Waals surface area contributed by atoms with Crippen LogP contribution in [0.25, 0.3) is 0 Å². The fourth-order valence-corrected chi connectivity index (χ4v) is 2.57. The fourth-order valence-electron chi connectivity index (χ4n) is 2.57. The molecule has 0 heterocycles. The predicted octanol–water partition coefficient (Wildman–Crippen LogP) is 4.32. The molecule has 0 saturated heterocycles. The van der Waals surface area contributed by atoms with E-state index in [9.17, 15) is 0 Å². The van der Waals surface area contributed by atoms with Crippen LogP contribution in [0.1, 0.15) is 58.2 Å². The summed E-state index contributed by atoms with van der Waals surface area (Å²) >= 11 is 0. The summed E-state index contributed by atoms with van der Waals surface area (Å²) in [7, 11) is 1.71. The van der Waals surface area contributed by atoms with E-state index in [-0.39, 0.29) is 6.10 Å². The third-order valence-corrected chi connectivity index (χ3v) is 3.64. The lowest BCUT2D eigenvalue weighted by atomic mass is 10.0. The zero-order valence-corrected chi connectivity index (χ0v) is 14.4. The Labute approximate surface area is 130 Å². The van der Waals surface area contributed by atoms with Gasteiger partial charge < -0.3 is 14.8 Å².